The molecule has 0 saturated heterocycles. The predicted molar refractivity (Wildman–Crippen MR) is 165 cm³/mol. The smallest absolute Gasteiger partial charge is 0.242 e. The molecule has 3 aromatic carbocycles. The molecule has 0 fully saturated rings. The predicted octanol–water partition coefficient (Wildman–Crippen LogP) is 2.96. The summed E-state index contributed by atoms with van der Waals surface area (Å²) >= 11 is 1.54. The van der Waals surface area contributed by atoms with Crippen molar-refractivity contribution in [1.29, 1.82) is 5.41 Å². The molecule has 0 radical (unpaired) electrons. The first-order chi connectivity index (χ1) is 19.6. The molecule has 0 aromatic heterocycles. The van der Waals surface area contributed by atoms with E-state index in [1.54, 1.807) is 36.0 Å². The molecule has 11 heteroatoms. The molecule has 218 valence electrons. The van der Waals surface area contributed by atoms with Crippen LogP contribution in [0.1, 0.15) is 41.5 Å². The Labute approximate surface area is 246 Å². The first-order valence-corrected chi connectivity index (χ1v) is 16.3. The van der Waals surface area contributed by atoms with E-state index in [2.05, 4.69) is 15.4 Å². The first-order valence-electron chi connectivity index (χ1n) is 13.3. The Hall–Kier alpha value is -3.67. The van der Waals surface area contributed by atoms with Gasteiger partial charge in [0.25, 0.3) is 0 Å². The molecular weight excluding hydrogens is 558 g/mol. The average molecular weight is 596 g/mol. The molecule has 0 aliphatic rings. The number of thioether (sulfide) groups is 1. The number of amidine groups is 1. The first kappa shape index (κ1) is 31.9. The molecule has 2 atom stereocenters. The maximum absolute atomic E-state index is 13.9. The number of nitrogens with one attached hydrogen (secondary N) is 4. The van der Waals surface area contributed by atoms with Gasteiger partial charge in [-0.1, -0.05) is 84.9 Å². The van der Waals surface area contributed by atoms with Crippen LogP contribution in [0.2, 0.25) is 0 Å². The summed E-state index contributed by atoms with van der Waals surface area (Å²) in [4.78, 5) is 27.2. The van der Waals surface area contributed by atoms with Crippen LogP contribution in [0.15, 0.2) is 84.9 Å². The molecule has 0 bridgehead atoms. The summed E-state index contributed by atoms with van der Waals surface area (Å²) in [6.07, 6.45) is 2.27. The third kappa shape index (κ3) is 9.44. The van der Waals surface area contributed by atoms with Crippen LogP contribution < -0.4 is 21.1 Å². The van der Waals surface area contributed by atoms with Crippen molar-refractivity contribution in [3.8, 4) is 0 Å². The fourth-order valence-electron chi connectivity index (χ4n) is 4.33. The number of sulfonamides is 1. The van der Waals surface area contributed by atoms with E-state index in [-0.39, 0.29) is 24.0 Å². The summed E-state index contributed by atoms with van der Waals surface area (Å²) in [5.41, 5.74) is 8.42. The quantitative estimate of drug-likeness (QED) is 0.134. The summed E-state index contributed by atoms with van der Waals surface area (Å²) < 4.78 is 28.2. The van der Waals surface area contributed by atoms with Gasteiger partial charge in [-0.05, 0) is 42.0 Å². The number of rotatable bonds is 15. The van der Waals surface area contributed by atoms with Gasteiger partial charge in [-0.15, -0.1) is 0 Å². The molecule has 41 heavy (non-hydrogen) atoms. The number of nitrogens with two attached hydrogens (primary N) is 1. The zero-order valence-corrected chi connectivity index (χ0v) is 24.8. The normalized spacial score (nSPS) is 12.9. The zero-order valence-electron chi connectivity index (χ0n) is 23.2. The molecule has 0 spiro atoms. The number of nitrogen functional groups attached to an aromatic ring is 1. The summed E-state index contributed by atoms with van der Waals surface area (Å²) in [5.74, 6) is -1.24. The van der Waals surface area contributed by atoms with Crippen molar-refractivity contribution in [2.24, 2.45) is 5.73 Å². The van der Waals surface area contributed by atoms with Crippen LogP contribution in [0.25, 0.3) is 0 Å². The molecule has 0 aliphatic heterocycles. The molecule has 0 unspecified atom stereocenters. The van der Waals surface area contributed by atoms with E-state index in [1.165, 1.54) is 6.92 Å². The van der Waals surface area contributed by atoms with Crippen molar-refractivity contribution in [3.63, 3.8) is 0 Å². The Balaban J connectivity index is 1.89. The van der Waals surface area contributed by atoms with Crippen LogP contribution in [0.5, 0.6) is 0 Å². The number of hydrogen-bond donors (Lipinski definition) is 5. The van der Waals surface area contributed by atoms with Gasteiger partial charge in [0.2, 0.25) is 21.8 Å². The molecule has 0 heterocycles. The lowest BCUT2D eigenvalue weighted by molar-refractivity contribution is -0.130. The molecule has 6 N–H and O–H groups in total. The molecular formula is C30H37N5O4S2. The molecule has 3 rings (SSSR count). The lowest BCUT2D eigenvalue weighted by Gasteiger charge is -2.29. The van der Waals surface area contributed by atoms with Crippen molar-refractivity contribution >= 4 is 39.4 Å². The van der Waals surface area contributed by atoms with E-state index >= 15 is 0 Å². The van der Waals surface area contributed by atoms with Gasteiger partial charge in [0.1, 0.15) is 17.9 Å². The summed E-state index contributed by atoms with van der Waals surface area (Å²) in [7, 11) is -3.79. The van der Waals surface area contributed by atoms with E-state index in [0.717, 1.165) is 16.7 Å². The second kappa shape index (κ2) is 15.4. The number of carbonyl (C=O) groups is 2. The topological polar surface area (TPSA) is 154 Å². The van der Waals surface area contributed by atoms with Crippen LogP contribution in [-0.2, 0) is 26.2 Å². The third-order valence-electron chi connectivity index (χ3n) is 6.60. The maximum atomic E-state index is 13.9. The monoisotopic (exact) mass is 595 g/mol. The van der Waals surface area contributed by atoms with Gasteiger partial charge in [-0.25, -0.2) is 13.1 Å². The number of carbonyl (C=O) groups excluding carboxylic acids is 2. The second-order valence-corrected chi connectivity index (χ2v) is 12.5. The standard InChI is InChI=1S/C30H37N5O4S2/c1-3-41(38,39)35-27(26(22-10-6-4-7-11-22)23-12-8-5-9-13-23)30(37)34-25(18-19-40-2)29(36)33-20-21-14-16-24(17-15-21)28(31)32/h4-17,25-27,35H,3,18-20H2,1-2H3,(H3,31,32)(H,33,36)(H,34,37)/t25-,27+/m0/s1. The number of amides is 2. The minimum atomic E-state index is -3.79. The van der Waals surface area contributed by atoms with Crippen LogP contribution >= 0.6 is 11.8 Å². The lowest BCUT2D eigenvalue weighted by atomic mass is 9.85. The molecule has 2 amide bonds. The van der Waals surface area contributed by atoms with Crippen LogP contribution in [0.4, 0.5) is 0 Å². The minimum Gasteiger partial charge on any atom is -0.384 e. The molecule has 3 aromatic rings. The average Bonchev–Trinajstić information content (AvgIpc) is 2.98. The summed E-state index contributed by atoms with van der Waals surface area (Å²) in [6.45, 7) is 1.72. The van der Waals surface area contributed by atoms with Gasteiger partial charge in [-0.2, -0.15) is 11.8 Å². The van der Waals surface area contributed by atoms with Crippen molar-refractivity contribution in [1.82, 2.24) is 15.4 Å². The van der Waals surface area contributed by atoms with Gasteiger partial charge in [0, 0.05) is 18.0 Å². The SMILES string of the molecule is CCS(=O)(=O)N[C@@H](C(=O)N[C@@H](CCSC)C(=O)NCc1ccc(C(=N)N)cc1)C(c1ccccc1)c1ccccc1. The van der Waals surface area contributed by atoms with E-state index in [4.69, 9.17) is 11.1 Å². The van der Waals surface area contributed by atoms with Crippen molar-refractivity contribution in [3.05, 3.63) is 107 Å². The Bertz CT molecular complexity index is 1360. The highest BCUT2D eigenvalue weighted by Crippen LogP contribution is 2.29. The highest BCUT2D eigenvalue weighted by Gasteiger charge is 2.35. The Morgan fingerprint density at radius 3 is 1.95 bits per heavy atom. The zero-order chi connectivity index (χ0) is 29.8. The Kier molecular flexibility index (Phi) is 11.9. The fourth-order valence-corrected chi connectivity index (χ4v) is 5.60. The van der Waals surface area contributed by atoms with E-state index < -0.39 is 33.9 Å². The van der Waals surface area contributed by atoms with Crippen molar-refractivity contribution in [2.75, 3.05) is 17.8 Å². The van der Waals surface area contributed by atoms with Gasteiger partial charge in [0.05, 0.1) is 5.75 Å². The molecule has 0 saturated carbocycles. The van der Waals surface area contributed by atoms with Crippen molar-refractivity contribution < 1.29 is 18.0 Å². The Morgan fingerprint density at radius 1 is 0.902 bits per heavy atom. The van der Waals surface area contributed by atoms with E-state index in [9.17, 15) is 18.0 Å². The van der Waals surface area contributed by atoms with Crippen LogP contribution in [0, 0.1) is 5.41 Å². The van der Waals surface area contributed by atoms with Crippen LogP contribution in [-0.4, -0.2) is 55.9 Å². The van der Waals surface area contributed by atoms with E-state index in [0.29, 0.717) is 17.7 Å². The molecule has 9 nitrogen and oxygen atoms in total. The largest absolute Gasteiger partial charge is 0.384 e. The van der Waals surface area contributed by atoms with Gasteiger partial charge in [0.15, 0.2) is 0 Å². The number of hydrogen-bond acceptors (Lipinski definition) is 6. The summed E-state index contributed by atoms with van der Waals surface area (Å²) in [6, 6.07) is 23.3. The van der Waals surface area contributed by atoms with Crippen molar-refractivity contribution in [2.45, 2.75) is 37.9 Å². The number of benzene rings is 3. The molecule has 0 aliphatic carbocycles. The van der Waals surface area contributed by atoms with E-state index in [1.807, 2.05) is 66.9 Å². The maximum Gasteiger partial charge on any atom is 0.242 e. The summed E-state index contributed by atoms with van der Waals surface area (Å²) in [5, 5.41) is 13.2. The van der Waals surface area contributed by atoms with Crippen LogP contribution in [0.3, 0.4) is 0 Å². The highest BCUT2D eigenvalue weighted by molar-refractivity contribution is 7.98. The highest BCUT2D eigenvalue weighted by atomic mass is 32.2. The lowest BCUT2D eigenvalue weighted by Crippen LogP contribution is -2.56. The van der Waals surface area contributed by atoms with Gasteiger partial charge >= 0.3 is 0 Å². The van der Waals surface area contributed by atoms with Gasteiger partial charge < -0.3 is 16.4 Å². The fraction of sp³-hybridized carbons (Fsp3) is 0.300. The minimum absolute atomic E-state index is 0.0435. The van der Waals surface area contributed by atoms with Gasteiger partial charge in [-0.3, -0.25) is 15.0 Å². The Morgan fingerprint density at radius 2 is 1.46 bits per heavy atom. The third-order valence-corrected chi connectivity index (χ3v) is 8.61. The second-order valence-electron chi connectivity index (χ2n) is 9.47.